The van der Waals surface area contributed by atoms with Crippen molar-refractivity contribution in [2.75, 3.05) is 13.2 Å². The molecule has 0 aliphatic heterocycles. The van der Waals surface area contributed by atoms with Crippen molar-refractivity contribution in [2.45, 2.75) is 45.1 Å². The van der Waals surface area contributed by atoms with E-state index >= 15 is 0 Å². The van der Waals surface area contributed by atoms with Gasteiger partial charge >= 0.3 is 0 Å². The van der Waals surface area contributed by atoms with E-state index in [4.69, 9.17) is 4.74 Å². The number of ether oxygens (including phenoxy) is 1. The van der Waals surface area contributed by atoms with Gasteiger partial charge in [-0.05, 0) is 19.8 Å². The molecule has 0 radical (unpaired) electrons. The number of amides is 1. The monoisotopic (exact) mass is 251 g/mol. The second kappa shape index (κ2) is 6.54. The van der Waals surface area contributed by atoms with Crippen molar-refractivity contribution >= 4 is 5.91 Å². The minimum Gasteiger partial charge on any atom is -0.376 e. The molecule has 1 aromatic rings. The van der Waals surface area contributed by atoms with Gasteiger partial charge in [-0.25, -0.2) is 0 Å². The van der Waals surface area contributed by atoms with Crippen LogP contribution < -0.4 is 5.32 Å². The molecule has 1 amide bonds. The van der Waals surface area contributed by atoms with Crippen molar-refractivity contribution in [3.05, 3.63) is 17.5 Å². The van der Waals surface area contributed by atoms with E-state index in [-0.39, 0.29) is 5.91 Å². The molecule has 18 heavy (non-hydrogen) atoms. The van der Waals surface area contributed by atoms with Crippen LogP contribution in [0.25, 0.3) is 0 Å². The van der Waals surface area contributed by atoms with Gasteiger partial charge < -0.3 is 10.1 Å². The number of nitrogens with one attached hydrogen (secondary N) is 2. The lowest BCUT2D eigenvalue weighted by atomic mass is 9.98. The molecule has 0 atom stereocenters. The summed E-state index contributed by atoms with van der Waals surface area (Å²) in [4.78, 5) is 11.8. The van der Waals surface area contributed by atoms with Crippen LogP contribution >= 0.6 is 0 Å². The van der Waals surface area contributed by atoms with Gasteiger partial charge in [-0.3, -0.25) is 9.89 Å². The zero-order valence-electron chi connectivity index (χ0n) is 10.9. The number of rotatable bonds is 5. The molecule has 0 unspecified atom stereocenters. The predicted molar refractivity (Wildman–Crippen MR) is 68.5 cm³/mol. The molecule has 2 rings (SSSR count). The first-order valence-electron chi connectivity index (χ1n) is 6.67. The number of hydrogen-bond acceptors (Lipinski definition) is 3. The first kappa shape index (κ1) is 13.1. The molecule has 0 bridgehead atoms. The van der Waals surface area contributed by atoms with Crippen molar-refractivity contribution in [3.63, 3.8) is 0 Å². The van der Waals surface area contributed by atoms with Gasteiger partial charge in [-0.1, -0.05) is 19.3 Å². The zero-order chi connectivity index (χ0) is 12.8. The first-order valence-corrected chi connectivity index (χ1v) is 6.67. The number of nitrogens with zero attached hydrogens (tertiary/aromatic N) is 1. The standard InChI is InChI=1S/C13H21N3O2/c1-10-12(9-15-16-10)13(17)14-7-8-18-11-5-3-2-4-6-11/h9,11H,2-8H2,1H3,(H,14,17)(H,15,16). The summed E-state index contributed by atoms with van der Waals surface area (Å²) in [5.41, 5.74) is 1.40. The highest BCUT2D eigenvalue weighted by Gasteiger charge is 2.14. The fraction of sp³-hybridized carbons (Fsp3) is 0.692. The van der Waals surface area contributed by atoms with Crippen LogP contribution in [0.5, 0.6) is 0 Å². The second-order valence-electron chi connectivity index (χ2n) is 4.80. The molecule has 1 saturated carbocycles. The van der Waals surface area contributed by atoms with E-state index in [9.17, 15) is 4.79 Å². The number of hydrogen-bond donors (Lipinski definition) is 2. The molecular weight excluding hydrogens is 230 g/mol. The SMILES string of the molecule is Cc1[nH]ncc1C(=O)NCCOC1CCCCC1. The third kappa shape index (κ3) is 3.57. The van der Waals surface area contributed by atoms with Gasteiger partial charge in [-0.15, -0.1) is 0 Å². The lowest BCUT2D eigenvalue weighted by Crippen LogP contribution is -2.29. The number of carbonyl (C=O) groups is 1. The van der Waals surface area contributed by atoms with Gasteiger partial charge in [0.25, 0.3) is 5.91 Å². The molecule has 1 aromatic heterocycles. The summed E-state index contributed by atoms with van der Waals surface area (Å²) in [6, 6.07) is 0. The Labute approximate surface area is 107 Å². The average Bonchev–Trinajstić information content (AvgIpc) is 2.82. The van der Waals surface area contributed by atoms with Crippen LogP contribution in [0.4, 0.5) is 0 Å². The Morgan fingerprint density at radius 2 is 2.28 bits per heavy atom. The largest absolute Gasteiger partial charge is 0.376 e. The summed E-state index contributed by atoms with van der Waals surface area (Å²) >= 11 is 0. The smallest absolute Gasteiger partial charge is 0.254 e. The molecule has 1 heterocycles. The first-order chi connectivity index (χ1) is 8.77. The van der Waals surface area contributed by atoms with Crippen molar-refractivity contribution in [3.8, 4) is 0 Å². The lowest BCUT2D eigenvalue weighted by Gasteiger charge is -2.21. The third-order valence-corrected chi connectivity index (χ3v) is 3.37. The van der Waals surface area contributed by atoms with E-state index in [1.165, 1.54) is 19.3 Å². The maximum atomic E-state index is 11.8. The Balaban J connectivity index is 1.63. The lowest BCUT2D eigenvalue weighted by molar-refractivity contribution is 0.0299. The molecule has 2 N–H and O–H groups in total. The molecule has 1 aliphatic rings. The highest BCUT2D eigenvalue weighted by atomic mass is 16.5. The summed E-state index contributed by atoms with van der Waals surface area (Å²) in [7, 11) is 0. The Bertz CT molecular complexity index is 383. The van der Waals surface area contributed by atoms with E-state index in [2.05, 4.69) is 15.5 Å². The molecule has 100 valence electrons. The zero-order valence-corrected chi connectivity index (χ0v) is 10.9. The number of carbonyl (C=O) groups excluding carboxylic acids is 1. The topological polar surface area (TPSA) is 67.0 Å². The van der Waals surface area contributed by atoms with Gasteiger partial charge in [-0.2, -0.15) is 5.10 Å². The third-order valence-electron chi connectivity index (χ3n) is 3.37. The second-order valence-corrected chi connectivity index (χ2v) is 4.80. The van der Waals surface area contributed by atoms with E-state index < -0.39 is 0 Å². The van der Waals surface area contributed by atoms with Crippen LogP contribution in [0.2, 0.25) is 0 Å². The van der Waals surface area contributed by atoms with Crippen LogP contribution in [-0.2, 0) is 4.74 Å². The van der Waals surface area contributed by atoms with Crippen LogP contribution in [0.3, 0.4) is 0 Å². The van der Waals surface area contributed by atoms with E-state index in [0.29, 0.717) is 24.8 Å². The molecule has 0 spiro atoms. The Morgan fingerprint density at radius 1 is 1.50 bits per heavy atom. The summed E-state index contributed by atoms with van der Waals surface area (Å²) in [6.07, 6.45) is 8.13. The van der Waals surface area contributed by atoms with Gasteiger partial charge in [0, 0.05) is 12.2 Å². The van der Waals surface area contributed by atoms with E-state index in [0.717, 1.165) is 18.5 Å². The maximum absolute atomic E-state index is 11.8. The van der Waals surface area contributed by atoms with Gasteiger partial charge in [0.15, 0.2) is 0 Å². The highest BCUT2D eigenvalue weighted by molar-refractivity contribution is 5.94. The fourth-order valence-corrected chi connectivity index (χ4v) is 2.30. The Hall–Kier alpha value is -1.36. The maximum Gasteiger partial charge on any atom is 0.254 e. The minimum atomic E-state index is -0.0894. The van der Waals surface area contributed by atoms with Gasteiger partial charge in [0.1, 0.15) is 0 Å². The quantitative estimate of drug-likeness (QED) is 0.784. The van der Waals surface area contributed by atoms with Crippen molar-refractivity contribution in [2.24, 2.45) is 0 Å². The van der Waals surface area contributed by atoms with Crippen LogP contribution in [-0.4, -0.2) is 35.4 Å². The average molecular weight is 251 g/mol. The normalized spacial score (nSPS) is 16.7. The van der Waals surface area contributed by atoms with E-state index in [1.807, 2.05) is 6.92 Å². The Morgan fingerprint density at radius 3 is 2.94 bits per heavy atom. The number of aromatic amines is 1. The molecule has 0 aromatic carbocycles. The van der Waals surface area contributed by atoms with Gasteiger partial charge in [0.05, 0.1) is 24.5 Å². The summed E-state index contributed by atoms with van der Waals surface area (Å²) in [6.45, 7) is 2.98. The molecule has 1 fully saturated rings. The molecule has 5 heteroatoms. The van der Waals surface area contributed by atoms with E-state index in [1.54, 1.807) is 6.20 Å². The van der Waals surface area contributed by atoms with Crippen molar-refractivity contribution < 1.29 is 9.53 Å². The molecular formula is C13H21N3O2. The minimum absolute atomic E-state index is 0.0894. The summed E-state index contributed by atoms with van der Waals surface area (Å²) in [5.74, 6) is -0.0894. The summed E-state index contributed by atoms with van der Waals surface area (Å²) in [5, 5.41) is 9.42. The highest BCUT2D eigenvalue weighted by Crippen LogP contribution is 2.19. The molecule has 5 nitrogen and oxygen atoms in total. The van der Waals surface area contributed by atoms with Crippen LogP contribution in [0.1, 0.15) is 48.2 Å². The summed E-state index contributed by atoms with van der Waals surface area (Å²) < 4.78 is 5.74. The fourth-order valence-electron chi connectivity index (χ4n) is 2.30. The molecule has 1 aliphatic carbocycles. The molecule has 0 saturated heterocycles. The predicted octanol–water partition coefficient (Wildman–Crippen LogP) is 1.80. The van der Waals surface area contributed by atoms with Crippen LogP contribution in [0, 0.1) is 6.92 Å². The van der Waals surface area contributed by atoms with Gasteiger partial charge in [0.2, 0.25) is 0 Å². The number of aryl methyl sites for hydroxylation is 1. The van der Waals surface area contributed by atoms with Crippen molar-refractivity contribution in [1.82, 2.24) is 15.5 Å². The van der Waals surface area contributed by atoms with Crippen LogP contribution in [0.15, 0.2) is 6.20 Å². The Kier molecular flexibility index (Phi) is 4.75. The number of aromatic nitrogens is 2. The van der Waals surface area contributed by atoms with Crippen molar-refractivity contribution in [1.29, 1.82) is 0 Å². The number of H-pyrrole nitrogens is 1.